The zero-order chi connectivity index (χ0) is 14.1. The van der Waals surface area contributed by atoms with Crippen LogP contribution in [0.3, 0.4) is 0 Å². The van der Waals surface area contributed by atoms with Crippen LogP contribution in [0.15, 0.2) is 24.4 Å². The molecule has 106 valence electrons. The second kappa shape index (κ2) is 5.30. The summed E-state index contributed by atoms with van der Waals surface area (Å²) >= 11 is 0. The molecular formula is C14H15F2N3O. The Labute approximate surface area is 115 Å². The molecule has 0 spiro atoms. The van der Waals surface area contributed by atoms with Crippen LogP contribution in [0.1, 0.15) is 12.0 Å². The molecule has 0 aliphatic carbocycles. The maximum absolute atomic E-state index is 13.8. The van der Waals surface area contributed by atoms with Crippen molar-refractivity contribution in [3.63, 3.8) is 0 Å². The van der Waals surface area contributed by atoms with Crippen molar-refractivity contribution in [2.45, 2.75) is 19.1 Å². The Kier molecular flexibility index (Phi) is 3.50. The normalized spacial score (nSPS) is 19.6. The standard InChI is InChI=1S/C14H15F2N3O/c15-11-2-1-3-12(16)13(11)14-9(6-17-18-14)7-19-5-4-10(20)8-19/h1-3,6,10,20H,4-5,7-8H2,(H,17,18)/t10-/m1/s1. The number of nitrogens with one attached hydrogen (secondary N) is 1. The predicted molar refractivity (Wildman–Crippen MR) is 69.8 cm³/mol. The lowest BCUT2D eigenvalue weighted by Crippen LogP contribution is -2.21. The highest BCUT2D eigenvalue weighted by molar-refractivity contribution is 5.64. The van der Waals surface area contributed by atoms with E-state index in [1.54, 1.807) is 6.20 Å². The van der Waals surface area contributed by atoms with Crippen molar-refractivity contribution in [1.82, 2.24) is 15.1 Å². The van der Waals surface area contributed by atoms with Gasteiger partial charge in [0.05, 0.1) is 23.6 Å². The van der Waals surface area contributed by atoms with Gasteiger partial charge in [0.2, 0.25) is 0 Å². The Balaban J connectivity index is 1.90. The number of aliphatic hydroxyl groups excluding tert-OH is 1. The van der Waals surface area contributed by atoms with E-state index in [1.807, 2.05) is 4.90 Å². The van der Waals surface area contributed by atoms with Gasteiger partial charge in [-0.15, -0.1) is 0 Å². The van der Waals surface area contributed by atoms with Crippen molar-refractivity contribution >= 4 is 0 Å². The maximum atomic E-state index is 13.8. The summed E-state index contributed by atoms with van der Waals surface area (Å²) in [6.45, 7) is 1.85. The van der Waals surface area contributed by atoms with Crippen LogP contribution in [0.25, 0.3) is 11.3 Å². The van der Waals surface area contributed by atoms with Gasteiger partial charge in [0, 0.05) is 25.2 Å². The van der Waals surface area contributed by atoms with Gasteiger partial charge < -0.3 is 5.11 Å². The Bertz CT molecular complexity index is 594. The first-order valence-electron chi connectivity index (χ1n) is 6.52. The molecule has 1 saturated heterocycles. The van der Waals surface area contributed by atoms with Gasteiger partial charge in [0.15, 0.2) is 0 Å². The number of H-pyrrole nitrogens is 1. The topological polar surface area (TPSA) is 52.1 Å². The maximum Gasteiger partial charge on any atom is 0.135 e. The van der Waals surface area contributed by atoms with E-state index < -0.39 is 11.6 Å². The van der Waals surface area contributed by atoms with Crippen molar-refractivity contribution < 1.29 is 13.9 Å². The van der Waals surface area contributed by atoms with Gasteiger partial charge in [-0.2, -0.15) is 5.10 Å². The lowest BCUT2D eigenvalue weighted by molar-refractivity contribution is 0.175. The third-order valence-corrected chi connectivity index (χ3v) is 3.57. The Hall–Kier alpha value is -1.79. The second-order valence-corrected chi connectivity index (χ2v) is 5.04. The van der Waals surface area contributed by atoms with Gasteiger partial charge in [-0.3, -0.25) is 10.00 Å². The number of nitrogens with zero attached hydrogens (tertiary/aromatic N) is 2. The first-order chi connectivity index (χ1) is 9.65. The number of benzene rings is 1. The molecule has 2 aromatic rings. The molecule has 1 aliphatic heterocycles. The van der Waals surface area contributed by atoms with E-state index >= 15 is 0 Å². The smallest absolute Gasteiger partial charge is 0.135 e. The van der Waals surface area contributed by atoms with Crippen LogP contribution in [0, 0.1) is 11.6 Å². The van der Waals surface area contributed by atoms with E-state index in [2.05, 4.69) is 10.2 Å². The van der Waals surface area contributed by atoms with Crippen LogP contribution in [-0.4, -0.2) is 39.4 Å². The van der Waals surface area contributed by atoms with Crippen LogP contribution >= 0.6 is 0 Å². The summed E-state index contributed by atoms with van der Waals surface area (Å²) in [6.07, 6.45) is 1.98. The molecule has 0 unspecified atom stereocenters. The molecule has 1 fully saturated rings. The van der Waals surface area contributed by atoms with Gasteiger partial charge in [0.25, 0.3) is 0 Å². The number of rotatable bonds is 3. The quantitative estimate of drug-likeness (QED) is 0.902. The molecule has 4 nitrogen and oxygen atoms in total. The van der Waals surface area contributed by atoms with Gasteiger partial charge in [0.1, 0.15) is 11.6 Å². The molecule has 0 saturated carbocycles. The van der Waals surface area contributed by atoms with Crippen LogP contribution in [0.5, 0.6) is 0 Å². The van der Waals surface area contributed by atoms with Crippen LogP contribution in [0.2, 0.25) is 0 Å². The Morgan fingerprint density at radius 3 is 2.75 bits per heavy atom. The highest BCUT2D eigenvalue weighted by atomic mass is 19.1. The summed E-state index contributed by atoms with van der Waals surface area (Å²) in [5.41, 5.74) is 1.00. The lowest BCUT2D eigenvalue weighted by Gasteiger charge is -2.15. The van der Waals surface area contributed by atoms with E-state index in [1.165, 1.54) is 18.2 Å². The van der Waals surface area contributed by atoms with Crippen molar-refractivity contribution in [2.24, 2.45) is 0 Å². The molecule has 20 heavy (non-hydrogen) atoms. The molecule has 1 aliphatic rings. The minimum absolute atomic E-state index is 0.0836. The molecule has 1 aromatic carbocycles. The third-order valence-electron chi connectivity index (χ3n) is 3.57. The first-order valence-corrected chi connectivity index (χ1v) is 6.52. The summed E-state index contributed by atoms with van der Waals surface area (Å²) < 4.78 is 27.7. The Morgan fingerprint density at radius 1 is 1.35 bits per heavy atom. The van der Waals surface area contributed by atoms with Crippen LogP contribution in [0.4, 0.5) is 8.78 Å². The molecule has 2 heterocycles. The summed E-state index contributed by atoms with van der Waals surface area (Å²) in [6, 6.07) is 3.78. The second-order valence-electron chi connectivity index (χ2n) is 5.04. The molecule has 0 amide bonds. The fourth-order valence-electron chi connectivity index (χ4n) is 2.58. The first kappa shape index (κ1) is 13.2. The number of hydrogen-bond acceptors (Lipinski definition) is 3. The highest BCUT2D eigenvalue weighted by Crippen LogP contribution is 2.28. The molecule has 3 rings (SSSR count). The third kappa shape index (κ3) is 2.44. The van der Waals surface area contributed by atoms with Crippen molar-refractivity contribution in [3.8, 4) is 11.3 Å². The number of β-amino-alcohol motifs (C(OH)–C–C–N with tert-alkyl or cyclic N) is 1. The largest absolute Gasteiger partial charge is 0.392 e. The number of halogens is 2. The minimum atomic E-state index is -0.614. The molecule has 1 atom stereocenters. The summed E-state index contributed by atoms with van der Waals surface area (Å²) in [7, 11) is 0. The zero-order valence-electron chi connectivity index (χ0n) is 10.8. The monoisotopic (exact) mass is 279 g/mol. The molecular weight excluding hydrogens is 264 g/mol. The van der Waals surface area contributed by atoms with Crippen LogP contribution < -0.4 is 0 Å². The number of likely N-dealkylation sites (tertiary alicyclic amines) is 1. The Morgan fingerprint density at radius 2 is 2.10 bits per heavy atom. The van der Waals surface area contributed by atoms with Gasteiger partial charge in [-0.1, -0.05) is 6.07 Å². The van der Waals surface area contributed by atoms with E-state index in [0.717, 1.165) is 18.5 Å². The average Bonchev–Trinajstić information content (AvgIpc) is 3.00. The summed E-state index contributed by atoms with van der Waals surface area (Å²) in [5.74, 6) is -1.23. The molecule has 6 heteroatoms. The van der Waals surface area contributed by atoms with Crippen molar-refractivity contribution in [1.29, 1.82) is 0 Å². The van der Waals surface area contributed by atoms with Gasteiger partial charge in [-0.25, -0.2) is 8.78 Å². The van der Waals surface area contributed by atoms with E-state index in [0.29, 0.717) is 18.8 Å². The number of aromatic amines is 1. The minimum Gasteiger partial charge on any atom is -0.392 e. The number of aliphatic hydroxyl groups is 1. The highest BCUT2D eigenvalue weighted by Gasteiger charge is 2.23. The lowest BCUT2D eigenvalue weighted by atomic mass is 10.1. The molecule has 0 radical (unpaired) electrons. The van der Waals surface area contributed by atoms with Gasteiger partial charge in [-0.05, 0) is 18.6 Å². The number of hydrogen-bond donors (Lipinski definition) is 2. The zero-order valence-corrected chi connectivity index (χ0v) is 10.8. The van der Waals surface area contributed by atoms with Crippen LogP contribution in [-0.2, 0) is 6.54 Å². The average molecular weight is 279 g/mol. The summed E-state index contributed by atoms with van der Waals surface area (Å²) in [4.78, 5) is 2.04. The SMILES string of the molecule is O[C@@H]1CCN(Cc2cn[nH]c2-c2c(F)cccc2F)C1. The van der Waals surface area contributed by atoms with E-state index in [9.17, 15) is 13.9 Å². The van der Waals surface area contributed by atoms with E-state index in [-0.39, 0.29) is 11.7 Å². The molecule has 0 bridgehead atoms. The van der Waals surface area contributed by atoms with Gasteiger partial charge >= 0.3 is 0 Å². The summed E-state index contributed by atoms with van der Waals surface area (Å²) in [5, 5.41) is 16.1. The van der Waals surface area contributed by atoms with Crippen molar-refractivity contribution in [2.75, 3.05) is 13.1 Å². The molecule has 1 aromatic heterocycles. The fourth-order valence-corrected chi connectivity index (χ4v) is 2.58. The number of aromatic nitrogens is 2. The van der Waals surface area contributed by atoms with Crippen molar-refractivity contribution in [3.05, 3.63) is 41.6 Å². The molecule has 2 N–H and O–H groups in total. The van der Waals surface area contributed by atoms with E-state index in [4.69, 9.17) is 0 Å². The predicted octanol–water partition coefficient (Wildman–Crippen LogP) is 1.92. The fraction of sp³-hybridized carbons (Fsp3) is 0.357.